The molecular formula is C12H17N3O4S. The molecule has 110 valence electrons. The van der Waals surface area contributed by atoms with Crippen molar-refractivity contribution in [1.29, 1.82) is 0 Å². The van der Waals surface area contributed by atoms with E-state index in [1.54, 1.807) is 28.8 Å². The van der Waals surface area contributed by atoms with Crippen molar-refractivity contribution >= 4 is 23.6 Å². The number of hydrogen-bond donors (Lipinski definition) is 1. The minimum atomic E-state index is -0.906. The standard InChI is InChI=1S/C12H17N3O4S/c1-9(11(18)14-4-6-19-7-5-14)15-3-2-13-12(15)20-8-10(16)17/h2-3,9H,4-8H2,1H3,(H,16,17). The van der Waals surface area contributed by atoms with Crippen LogP contribution in [0.2, 0.25) is 0 Å². The van der Waals surface area contributed by atoms with Crippen LogP contribution >= 0.6 is 11.8 Å². The average molecular weight is 299 g/mol. The van der Waals surface area contributed by atoms with Crippen LogP contribution in [-0.4, -0.2) is 63.5 Å². The third-order valence-electron chi connectivity index (χ3n) is 3.06. The minimum Gasteiger partial charge on any atom is -0.481 e. The number of aromatic nitrogens is 2. The summed E-state index contributed by atoms with van der Waals surface area (Å²) < 4.78 is 6.94. The molecule has 0 bridgehead atoms. The Balaban J connectivity index is 2.04. The molecule has 1 aromatic rings. The maximum Gasteiger partial charge on any atom is 0.313 e. The van der Waals surface area contributed by atoms with Crippen LogP contribution in [0.3, 0.4) is 0 Å². The van der Waals surface area contributed by atoms with Crippen molar-refractivity contribution in [2.24, 2.45) is 0 Å². The van der Waals surface area contributed by atoms with Crippen LogP contribution in [0, 0.1) is 0 Å². The van der Waals surface area contributed by atoms with E-state index in [2.05, 4.69) is 4.98 Å². The summed E-state index contributed by atoms with van der Waals surface area (Å²) in [5.41, 5.74) is 0. The molecule has 7 nitrogen and oxygen atoms in total. The molecule has 1 aromatic heterocycles. The maximum absolute atomic E-state index is 12.4. The monoisotopic (exact) mass is 299 g/mol. The van der Waals surface area contributed by atoms with E-state index < -0.39 is 12.0 Å². The van der Waals surface area contributed by atoms with Crippen LogP contribution in [-0.2, 0) is 14.3 Å². The fourth-order valence-electron chi connectivity index (χ4n) is 2.00. The molecule has 8 heteroatoms. The van der Waals surface area contributed by atoms with Crippen molar-refractivity contribution in [1.82, 2.24) is 14.5 Å². The van der Waals surface area contributed by atoms with E-state index in [0.717, 1.165) is 11.8 Å². The minimum absolute atomic E-state index is 0.00322. The Morgan fingerprint density at radius 2 is 2.20 bits per heavy atom. The third-order valence-corrected chi connectivity index (χ3v) is 4.02. The first-order valence-corrected chi connectivity index (χ1v) is 7.32. The molecule has 20 heavy (non-hydrogen) atoms. The molecule has 2 heterocycles. The number of carboxylic acids is 1. The van der Waals surface area contributed by atoms with Gasteiger partial charge in [0.1, 0.15) is 6.04 Å². The van der Waals surface area contributed by atoms with E-state index in [1.165, 1.54) is 0 Å². The molecule has 1 atom stereocenters. The molecule has 1 unspecified atom stereocenters. The fourth-order valence-corrected chi connectivity index (χ4v) is 2.76. The van der Waals surface area contributed by atoms with Gasteiger partial charge in [-0.1, -0.05) is 11.8 Å². The normalized spacial score (nSPS) is 16.9. The fraction of sp³-hybridized carbons (Fsp3) is 0.583. The number of nitrogens with zero attached hydrogens (tertiary/aromatic N) is 3. The van der Waals surface area contributed by atoms with Gasteiger partial charge in [0.05, 0.1) is 19.0 Å². The van der Waals surface area contributed by atoms with Gasteiger partial charge in [-0.15, -0.1) is 0 Å². The molecule has 0 spiro atoms. The lowest BCUT2D eigenvalue weighted by molar-refractivity contribution is -0.138. The number of hydrogen-bond acceptors (Lipinski definition) is 5. The highest BCUT2D eigenvalue weighted by Crippen LogP contribution is 2.21. The van der Waals surface area contributed by atoms with Crippen LogP contribution < -0.4 is 0 Å². The number of carbonyl (C=O) groups is 2. The predicted octanol–water partition coefficient (Wildman–Crippen LogP) is 0.480. The summed E-state index contributed by atoms with van der Waals surface area (Å²) in [5.74, 6) is -0.977. The molecule has 1 amide bonds. The van der Waals surface area contributed by atoms with Gasteiger partial charge in [-0.05, 0) is 6.92 Å². The van der Waals surface area contributed by atoms with E-state index in [1.807, 2.05) is 0 Å². The van der Waals surface area contributed by atoms with E-state index >= 15 is 0 Å². The van der Waals surface area contributed by atoms with Crippen molar-refractivity contribution in [3.05, 3.63) is 12.4 Å². The summed E-state index contributed by atoms with van der Waals surface area (Å²) in [4.78, 5) is 28.9. The van der Waals surface area contributed by atoms with Crippen LogP contribution in [0.15, 0.2) is 17.6 Å². The number of carboxylic acid groups (broad SMARTS) is 1. The number of aliphatic carboxylic acids is 1. The van der Waals surface area contributed by atoms with Crippen LogP contribution in [0.5, 0.6) is 0 Å². The highest BCUT2D eigenvalue weighted by Gasteiger charge is 2.25. The molecule has 1 saturated heterocycles. The second-order valence-corrected chi connectivity index (χ2v) is 5.36. The molecule has 2 rings (SSSR count). The Morgan fingerprint density at radius 3 is 2.85 bits per heavy atom. The molecule has 1 N–H and O–H groups in total. The number of rotatable bonds is 5. The number of amides is 1. The van der Waals surface area contributed by atoms with Crippen molar-refractivity contribution < 1.29 is 19.4 Å². The Morgan fingerprint density at radius 1 is 1.50 bits per heavy atom. The van der Waals surface area contributed by atoms with Gasteiger partial charge >= 0.3 is 5.97 Å². The number of thioether (sulfide) groups is 1. The van der Waals surface area contributed by atoms with Crippen LogP contribution in [0.4, 0.5) is 0 Å². The lowest BCUT2D eigenvalue weighted by atomic mass is 10.2. The zero-order chi connectivity index (χ0) is 14.5. The zero-order valence-corrected chi connectivity index (χ0v) is 12.0. The number of carbonyl (C=O) groups excluding carboxylic acids is 1. The number of morpholine rings is 1. The quantitative estimate of drug-likeness (QED) is 0.796. The van der Waals surface area contributed by atoms with Gasteiger partial charge in [0, 0.05) is 25.5 Å². The highest BCUT2D eigenvalue weighted by atomic mass is 32.2. The van der Waals surface area contributed by atoms with Crippen molar-refractivity contribution in [2.45, 2.75) is 18.1 Å². The summed E-state index contributed by atoms with van der Waals surface area (Å²) in [6.45, 7) is 4.10. The lowest BCUT2D eigenvalue weighted by Gasteiger charge is -2.29. The third kappa shape index (κ3) is 3.51. The molecule has 0 radical (unpaired) electrons. The number of imidazole rings is 1. The van der Waals surface area contributed by atoms with E-state index in [9.17, 15) is 9.59 Å². The van der Waals surface area contributed by atoms with Gasteiger partial charge in [-0.3, -0.25) is 9.59 Å². The van der Waals surface area contributed by atoms with E-state index in [4.69, 9.17) is 9.84 Å². The molecule has 0 aromatic carbocycles. The molecular weight excluding hydrogens is 282 g/mol. The van der Waals surface area contributed by atoms with Crippen LogP contribution in [0.25, 0.3) is 0 Å². The first-order chi connectivity index (χ1) is 9.59. The summed E-state index contributed by atoms with van der Waals surface area (Å²) in [5, 5.41) is 9.25. The molecule has 1 aliphatic rings. The van der Waals surface area contributed by atoms with Gasteiger partial charge in [-0.25, -0.2) is 4.98 Å². The Bertz CT molecular complexity index is 485. The van der Waals surface area contributed by atoms with Crippen molar-refractivity contribution in [3.63, 3.8) is 0 Å². The van der Waals surface area contributed by atoms with Gasteiger partial charge < -0.3 is 19.3 Å². The van der Waals surface area contributed by atoms with Gasteiger partial charge in [0.2, 0.25) is 5.91 Å². The lowest BCUT2D eigenvalue weighted by Crippen LogP contribution is -2.43. The Labute approximate surface area is 120 Å². The second kappa shape index (κ2) is 6.76. The van der Waals surface area contributed by atoms with E-state index in [0.29, 0.717) is 31.5 Å². The summed E-state index contributed by atoms with van der Waals surface area (Å²) >= 11 is 1.11. The SMILES string of the molecule is CC(C(=O)N1CCOCC1)n1ccnc1SCC(=O)O. The van der Waals surface area contributed by atoms with Crippen LogP contribution in [0.1, 0.15) is 13.0 Å². The first-order valence-electron chi connectivity index (χ1n) is 6.33. The number of ether oxygens (including phenoxy) is 1. The van der Waals surface area contributed by atoms with Gasteiger partial charge in [-0.2, -0.15) is 0 Å². The average Bonchev–Trinajstić information content (AvgIpc) is 2.93. The summed E-state index contributed by atoms with van der Waals surface area (Å²) in [6, 6.07) is -0.396. The maximum atomic E-state index is 12.4. The molecule has 0 saturated carbocycles. The molecule has 1 aliphatic heterocycles. The highest BCUT2D eigenvalue weighted by molar-refractivity contribution is 7.99. The van der Waals surface area contributed by atoms with Crippen molar-refractivity contribution in [3.8, 4) is 0 Å². The molecule has 0 aliphatic carbocycles. The Kier molecular flexibility index (Phi) is 5.02. The molecule has 1 fully saturated rings. The van der Waals surface area contributed by atoms with Crippen molar-refractivity contribution in [2.75, 3.05) is 32.1 Å². The first kappa shape index (κ1) is 14.9. The predicted molar refractivity (Wildman–Crippen MR) is 72.7 cm³/mol. The topological polar surface area (TPSA) is 84.7 Å². The van der Waals surface area contributed by atoms with E-state index in [-0.39, 0.29) is 11.7 Å². The summed E-state index contributed by atoms with van der Waals surface area (Å²) in [7, 11) is 0. The zero-order valence-electron chi connectivity index (χ0n) is 11.2. The summed E-state index contributed by atoms with van der Waals surface area (Å²) in [6.07, 6.45) is 3.28. The largest absolute Gasteiger partial charge is 0.481 e. The van der Waals surface area contributed by atoms with Gasteiger partial charge in [0.25, 0.3) is 0 Å². The Hall–Kier alpha value is -1.54. The smallest absolute Gasteiger partial charge is 0.313 e. The van der Waals surface area contributed by atoms with Gasteiger partial charge in [0.15, 0.2) is 5.16 Å². The second-order valence-electron chi connectivity index (χ2n) is 4.41.